The summed E-state index contributed by atoms with van der Waals surface area (Å²) in [5.41, 5.74) is 1.04. The van der Waals surface area contributed by atoms with Gasteiger partial charge in [-0.25, -0.2) is 0 Å². The van der Waals surface area contributed by atoms with Crippen molar-refractivity contribution in [3.05, 3.63) is 28.8 Å². The normalized spacial score (nSPS) is 15.6. The number of benzene rings is 1. The van der Waals surface area contributed by atoms with Gasteiger partial charge in [0.15, 0.2) is 0 Å². The molecular weight excluding hydrogens is 226 g/mol. The molecule has 1 aliphatic rings. The van der Waals surface area contributed by atoms with Gasteiger partial charge in [-0.15, -0.1) is 0 Å². The van der Waals surface area contributed by atoms with Crippen LogP contribution in [-0.4, -0.2) is 24.5 Å². The highest BCUT2D eigenvalue weighted by Crippen LogP contribution is 2.26. The molecule has 0 N–H and O–H groups in total. The molecule has 1 amide bonds. The first-order valence-electron chi connectivity index (χ1n) is 5.31. The fourth-order valence-electron chi connectivity index (χ4n) is 1.90. The van der Waals surface area contributed by atoms with E-state index in [0.29, 0.717) is 23.7 Å². The topological polar surface area (TPSA) is 29.5 Å². The Balaban J connectivity index is 2.10. The molecule has 2 rings (SSSR count). The number of nitrogens with zero attached hydrogens (tertiary/aromatic N) is 1. The van der Waals surface area contributed by atoms with Gasteiger partial charge in [0.05, 0.1) is 12.1 Å². The zero-order valence-electron chi connectivity index (χ0n) is 9.20. The lowest BCUT2D eigenvalue weighted by atomic mass is 10.2. The minimum Gasteiger partial charge on any atom is -0.495 e. The second kappa shape index (κ2) is 4.74. The van der Waals surface area contributed by atoms with Gasteiger partial charge in [0.25, 0.3) is 0 Å². The summed E-state index contributed by atoms with van der Waals surface area (Å²) in [5.74, 6) is 0.894. The van der Waals surface area contributed by atoms with Crippen LogP contribution < -0.4 is 4.74 Å². The fraction of sp³-hybridized carbons (Fsp3) is 0.417. The summed E-state index contributed by atoms with van der Waals surface area (Å²) >= 11 is 6.02. The third kappa shape index (κ3) is 2.30. The van der Waals surface area contributed by atoms with Gasteiger partial charge in [-0.2, -0.15) is 0 Å². The standard InChI is InChI=1S/C12H14ClNO2/c1-16-11-5-4-9(7-10(11)13)8-14-6-2-3-12(14)15/h4-5,7H,2-3,6,8H2,1H3. The van der Waals surface area contributed by atoms with Crippen LogP contribution in [0.1, 0.15) is 18.4 Å². The number of amides is 1. The number of likely N-dealkylation sites (tertiary alicyclic amines) is 1. The molecule has 0 unspecified atom stereocenters. The Hall–Kier alpha value is -1.22. The molecule has 0 aromatic heterocycles. The van der Waals surface area contributed by atoms with Crippen LogP contribution in [0.3, 0.4) is 0 Å². The Bertz CT molecular complexity index is 406. The van der Waals surface area contributed by atoms with E-state index in [-0.39, 0.29) is 5.91 Å². The Morgan fingerprint density at radius 1 is 1.50 bits per heavy atom. The van der Waals surface area contributed by atoms with Crippen LogP contribution in [0.15, 0.2) is 18.2 Å². The maximum absolute atomic E-state index is 11.5. The van der Waals surface area contributed by atoms with E-state index in [1.807, 2.05) is 23.1 Å². The Morgan fingerprint density at radius 2 is 2.31 bits per heavy atom. The van der Waals surface area contributed by atoms with E-state index >= 15 is 0 Å². The number of hydrogen-bond donors (Lipinski definition) is 0. The summed E-state index contributed by atoms with van der Waals surface area (Å²) in [4.78, 5) is 13.3. The van der Waals surface area contributed by atoms with Crippen molar-refractivity contribution in [2.75, 3.05) is 13.7 Å². The van der Waals surface area contributed by atoms with Crippen molar-refractivity contribution >= 4 is 17.5 Å². The Labute approximate surface area is 100.0 Å². The van der Waals surface area contributed by atoms with Gasteiger partial charge in [-0.3, -0.25) is 4.79 Å². The minimum atomic E-state index is 0.229. The zero-order valence-corrected chi connectivity index (χ0v) is 9.96. The maximum Gasteiger partial charge on any atom is 0.222 e. The van der Waals surface area contributed by atoms with Crippen LogP contribution >= 0.6 is 11.6 Å². The zero-order chi connectivity index (χ0) is 11.5. The average Bonchev–Trinajstić information content (AvgIpc) is 2.65. The van der Waals surface area contributed by atoms with Gasteiger partial charge in [-0.05, 0) is 24.1 Å². The van der Waals surface area contributed by atoms with Crippen molar-refractivity contribution in [1.82, 2.24) is 4.90 Å². The summed E-state index contributed by atoms with van der Waals surface area (Å²) in [6.07, 6.45) is 1.63. The molecular formula is C12H14ClNO2. The largest absolute Gasteiger partial charge is 0.495 e. The molecule has 1 aliphatic heterocycles. The molecule has 1 fully saturated rings. The Morgan fingerprint density at radius 3 is 2.88 bits per heavy atom. The summed E-state index contributed by atoms with van der Waals surface area (Å²) in [7, 11) is 1.59. The highest BCUT2D eigenvalue weighted by Gasteiger charge is 2.20. The van der Waals surface area contributed by atoms with E-state index in [4.69, 9.17) is 16.3 Å². The SMILES string of the molecule is COc1ccc(CN2CCCC2=O)cc1Cl. The van der Waals surface area contributed by atoms with Crippen LogP contribution in [0.4, 0.5) is 0 Å². The second-order valence-corrected chi connectivity index (χ2v) is 4.29. The second-order valence-electron chi connectivity index (χ2n) is 3.89. The maximum atomic E-state index is 11.5. The van der Waals surface area contributed by atoms with Crippen LogP contribution in [0.5, 0.6) is 5.75 Å². The van der Waals surface area contributed by atoms with Crippen molar-refractivity contribution in [2.24, 2.45) is 0 Å². The molecule has 1 heterocycles. The lowest BCUT2D eigenvalue weighted by Gasteiger charge is -2.16. The fourth-order valence-corrected chi connectivity index (χ4v) is 2.18. The number of methoxy groups -OCH3 is 1. The van der Waals surface area contributed by atoms with Crippen molar-refractivity contribution in [3.8, 4) is 5.75 Å². The van der Waals surface area contributed by atoms with Gasteiger partial charge in [0.1, 0.15) is 5.75 Å². The molecule has 0 bridgehead atoms. The lowest BCUT2D eigenvalue weighted by Crippen LogP contribution is -2.23. The van der Waals surface area contributed by atoms with Crippen molar-refractivity contribution < 1.29 is 9.53 Å². The number of hydrogen-bond acceptors (Lipinski definition) is 2. The number of carbonyl (C=O) groups excluding carboxylic acids is 1. The van der Waals surface area contributed by atoms with E-state index in [1.165, 1.54) is 0 Å². The van der Waals surface area contributed by atoms with Crippen molar-refractivity contribution in [1.29, 1.82) is 0 Å². The summed E-state index contributed by atoms with van der Waals surface area (Å²) in [5, 5.41) is 0.589. The minimum absolute atomic E-state index is 0.229. The molecule has 16 heavy (non-hydrogen) atoms. The summed E-state index contributed by atoms with van der Waals surface area (Å²) in [6.45, 7) is 1.49. The number of carbonyl (C=O) groups is 1. The van der Waals surface area contributed by atoms with Gasteiger partial charge < -0.3 is 9.64 Å². The van der Waals surface area contributed by atoms with E-state index < -0.39 is 0 Å². The summed E-state index contributed by atoms with van der Waals surface area (Å²) in [6, 6.07) is 5.63. The number of rotatable bonds is 3. The van der Waals surface area contributed by atoms with E-state index in [2.05, 4.69) is 0 Å². The molecule has 1 saturated heterocycles. The summed E-state index contributed by atoms with van der Waals surface area (Å²) < 4.78 is 5.08. The average molecular weight is 240 g/mol. The van der Waals surface area contributed by atoms with E-state index in [9.17, 15) is 4.79 Å². The van der Waals surface area contributed by atoms with Crippen LogP contribution in [0.2, 0.25) is 5.02 Å². The molecule has 4 heteroatoms. The molecule has 0 atom stereocenters. The van der Waals surface area contributed by atoms with Gasteiger partial charge in [-0.1, -0.05) is 17.7 Å². The molecule has 0 aliphatic carbocycles. The number of halogens is 1. The third-order valence-electron chi connectivity index (χ3n) is 2.76. The molecule has 1 aromatic carbocycles. The molecule has 3 nitrogen and oxygen atoms in total. The third-order valence-corrected chi connectivity index (χ3v) is 3.06. The first-order chi connectivity index (χ1) is 7.70. The monoisotopic (exact) mass is 239 g/mol. The van der Waals surface area contributed by atoms with E-state index in [1.54, 1.807) is 7.11 Å². The highest BCUT2D eigenvalue weighted by molar-refractivity contribution is 6.32. The molecule has 86 valence electrons. The number of ether oxygens (including phenoxy) is 1. The first kappa shape index (κ1) is 11.3. The van der Waals surface area contributed by atoms with Crippen molar-refractivity contribution in [3.63, 3.8) is 0 Å². The highest BCUT2D eigenvalue weighted by atomic mass is 35.5. The quantitative estimate of drug-likeness (QED) is 0.811. The molecule has 0 radical (unpaired) electrons. The van der Waals surface area contributed by atoms with E-state index in [0.717, 1.165) is 18.5 Å². The molecule has 0 spiro atoms. The predicted octanol–water partition coefficient (Wildman–Crippen LogP) is 2.47. The lowest BCUT2D eigenvalue weighted by molar-refractivity contribution is -0.128. The van der Waals surface area contributed by atoms with Gasteiger partial charge in [0.2, 0.25) is 5.91 Å². The molecule has 0 saturated carbocycles. The first-order valence-corrected chi connectivity index (χ1v) is 5.68. The van der Waals surface area contributed by atoms with Crippen LogP contribution in [0, 0.1) is 0 Å². The smallest absolute Gasteiger partial charge is 0.222 e. The van der Waals surface area contributed by atoms with Gasteiger partial charge in [0, 0.05) is 19.5 Å². The van der Waals surface area contributed by atoms with Crippen LogP contribution in [-0.2, 0) is 11.3 Å². The predicted molar refractivity (Wildman–Crippen MR) is 62.7 cm³/mol. The van der Waals surface area contributed by atoms with Crippen LogP contribution in [0.25, 0.3) is 0 Å². The van der Waals surface area contributed by atoms with Crippen molar-refractivity contribution in [2.45, 2.75) is 19.4 Å². The Kier molecular flexibility index (Phi) is 3.34. The molecule has 1 aromatic rings. The van der Waals surface area contributed by atoms with Gasteiger partial charge >= 0.3 is 0 Å².